The molecule has 0 aliphatic rings. The number of fused-ring (bicyclic) bond motifs is 2. The van der Waals surface area contributed by atoms with Crippen LogP contribution in [0.5, 0.6) is 0 Å². The van der Waals surface area contributed by atoms with Crippen LogP contribution in [0.2, 0.25) is 0 Å². The van der Waals surface area contributed by atoms with E-state index < -0.39 is 0 Å². The standard InChI is InChI=1S/C24H26FN3O2/c1-5-30-23(29)9-7-18-19-12-21-16(13-26-27-21)11-22(19)28(24(18)14(2)3)17-6-8-20(25)15(4)10-17/h6,8,10-14H,5,7,9H2,1-4H3,(H,26,27). The first-order chi connectivity index (χ1) is 14.4. The van der Waals surface area contributed by atoms with Crippen molar-refractivity contribution in [1.29, 1.82) is 0 Å². The van der Waals surface area contributed by atoms with Crippen molar-refractivity contribution in [3.05, 3.63) is 59.2 Å². The van der Waals surface area contributed by atoms with Crippen molar-refractivity contribution in [3.63, 3.8) is 0 Å². The molecule has 0 unspecified atom stereocenters. The minimum Gasteiger partial charge on any atom is -0.466 e. The Morgan fingerprint density at radius 3 is 2.77 bits per heavy atom. The normalized spacial score (nSPS) is 11.7. The van der Waals surface area contributed by atoms with Crippen LogP contribution in [0.15, 0.2) is 36.5 Å². The van der Waals surface area contributed by atoms with Gasteiger partial charge in [-0.15, -0.1) is 0 Å². The van der Waals surface area contributed by atoms with E-state index in [4.69, 9.17) is 4.74 Å². The first-order valence-electron chi connectivity index (χ1n) is 10.3. The third-order valence-electron chi connectivity index (χ3n) is 5.50. The number of benzene rings is 2. The lowest BCUT2D eigenvalue weighted by Gasteiger charge is -2.16. The molecule has 0 aliphatic carbocycles. The molecule has 0 atom stereocenters. The fraction of sp³-hybridized carbons (Fsp3) is 0.333. The van der Waals surface area contributed by atoms with E-state index in [9.17, 15) is 9.18 Å². The molecule has 0 fully saturated rings. The van der Waals surface area contributed by atoms with Crippen LogP contribution >= 0.6 is 0 Å². The summed E-state index contributed by atoms with van der Waals surface area (Å²) in [7, 11) is 0. The maximum absolute atomic E-state index is 14.0. The van der Waals surface area contributed by atoms with E-state index >= 15 is 0 Å². The van der Waals surface area contributed by atoms with Gasteiger partial charge in [-0.1, -0.05) is 13.8 Å². The number of hydrogen-bond acceptors (Lipinski definition) is 3. The molecule has 0 saturated carbocycles. The van der Waals surface area contributed by atoms with Gasteiger partial charge in [0.2, 0.25) is 0 Å². The lowest BCUT2D eigenvalue weighted by molar-refractivity contribution is -0.143. The van der Waals surface area contributed by atoms with Crippen LogP contribution in [0, 0.1) is 12.7 Å². The number of nitrogens with zero attached hydrogens (tertiary/aromatic N) is 2. The van der Waals surface area contributed by atoms with Crippen molar-refractivity contribution in [2.24, 2.45) is 0 Å². The van der Waals surface area contributed by atoms with E-state index in [0.717, 1.165) is 38.8 Å². The second kappa shape index (κ2) is 7.94. The predicted octanol–water partition coefficient (Wildman–Crippen LogP) is 5.57. The van der Waals surface area contributed by atoms with E-state index in [1.165, 1.54) is 6.07 Å². The summed E-state index contributed by atoms with van der Waals surface area (Å²) in [6.07, 6.45) is 2.70. The largest absolute Gasteiger partial charge is 0.466 e. The Bertz CT molecular complexity index is 1240. The number of carbonyl (C=O) groups excluding carboxylic acids is 1. The van der Waals surface area contributed by atoms with Gasteiger partial charge in [-0.3, -0.25) is 9.89 Å². The number of hydrogen-bond donors (Lipinski definition) is 1. The SMILES string of the molecule is CCOC(=O)CCc1c(C(C)C)n(-c2ccc(F)c(C)c2)c2cc3cn[nH]c3cc12. The van der Waals surface area contributed by atoms with E-state index in [1.807, 2.05) is 19.1 Å². The average Bonchev–Trinajstić information content (AvgIpc) is 3.28. The minimum atomic E-state index is -0.221. The number of rotatable bonds is 6. The number of halogens is 1. The third-order valence-corrected chi connectivity index (χ3v) is 5.50. The molecule has 4 aromatic rings. The zero-order valence-electron chi connectivity index (χ0n) is 17.8. The van der Waals surface area contributed by atoms with Gasteiger partial charge < -0.3 is 9.30 Å². The van der Waals surface area contributed by atoms with Gasteiger partial charge in [0.05, 0.1) is 23.8 Å². The predicted molar refractivity (Wildman–Crippen MR) is 117 cm³/mol. The van der Waals surface area contributed by atoms with Gasteiger partial charge in [0.25, 0.3) is 0 Å². The smallest absolute Gasteiger partial charge is 0.306 e. The molecule has 0 aliphatic heterocycles. The quantitative estimate of drug-likeness (QED) is 0.425. The average molecular weight is 407 g/mol. The maximum atomic E-state index is 14.0. The lowest BCUT2D eigenvalue weighted by Crippen LogP contribution is -2.08. The van der Waals surface area contributed by atoms with Crippen molar-refractivity contribution in [2.75, 3.05) is 6.61 Å². The molecule has 5 nitrogen and oxygen atoms in total. The van der Waals surface area contributed by atoms with Gasteiger partial charge in [-0.05, 0) is 67.6 Å². The summed E-state index contributed by atoms with van der Waals surface area (Å²) in [6, 6.07) is 9.39. The molecule has 4 rings (SSSR count). The highest BCUT2D eigenvalue weighted by atomic mass is 19.1. The molecule has 0 amide bonds. The number of H-pyrrole nitrogens is 1. The number of aromatic nitrogens is 3. The topological polar surface area (TPSA) is 59.9 Å². The molecule has 6 heteroatoms. The Labute approximate surface area is 174 Å². The van der Waals surface area contributed by atoms with Crippen LogP contribution in [0.4, 0.5) is 4.39 Å². The van der Waals surface area contributed by atoms with Crippen molar-refractivity contribution in [1.82, 2.24) is 14.8 Å². The number of aryl methyl sites for hydroxylation is 2. The highest BCUT2D eigenvalue weighted by molar-refractivity contribution is 5.98. The molecular formula is C24H26FN3O2. The minimum absolute atomic E-state index is 0.201. The number of nitrogens with one attached hydrogen (secondary N) is 1. The van der Waals surface area contributed by atoms with Crippen molar-refractivity contribution >= 4 is 27.8 Å². The molecule has 2 heterocycles. The Balaban J connectivity index is 1.99. The zero-order chi connectivity index (χ0) is 21.4. The van der Waals surface area contributed by atoms with Gasteiger partial charge in [-0.2, -0.15) is 5.10 Å². The molecule has 2 aromatic carbocycles. The van der Waals surface area contributed by atoms with Crippen LogP contribution in [0.1, 0.15) is 49.9 Å². The number of carbonyl (C=O) groups is 1. The number of ether oxygens (including phenoxy) is 1. The van der Waals surface area contributed by atoms with Crippen LogP contribution in [-0.4, -0.2) is 27.3 Å². The number of esters is 1. The molecule has 2 aromatic heterocycles. The van der Waals surface area contributed by atoms with Crippen molar-refractivity contribution in [2.45, 2.75) is 46.5 Å². The van der Waals surface area contributed by atoms with Crippen LogP contribution in [-0.2, 0) is 16.0 Å². The zero-order valence-corrected chi connectivity index (χ0v) is 17.8. The van der Waals surface area contributed by atoms with Crippen LogP contribution < -0.4 is 0 Å². The molecule has 1 N–H and O–H groups in total. The van der Waals surface area contributed by atoms with E-state index in [-0.39, 0.29) is 17.7 Å². The molecule has 156 valence electrons. The highest BCUT2D eigenvalue weighted by Gasteiger charge is 2.22. The summed E-state index contributed by atoms with van der Waals surface area (Å²) in [5.41, 5.74) is 5.72. The summed E-state index contributed by atoms with van der Waals surface area (Å²) >= 11 is 0. The molecule has 30 heavy (non-hydrogen) atoms. The summed E-state index contributed by atoms with van der Waals surface area (Å²) < 4.78 is 21.3. The fourth-order valence-electron chi connectivity index (χ4n) is 4.18. The van der Waals surface area contributed by atoms with Gasteiger partial charge in [0.15, 0.2) is 0 Å². The molecule has 0 saturated heterocycles. The van der Waals surface area contributed by atoms with Gasteiger partial charge in [0, 0.05) is 28.6 Å². The van der Waals surface area contributed by atoms with Crippen molar-refractivity contribution < 1.29 is 13.9 Å². The lowest BCUT2D eigenvalue weighted by atomic mass is 9.99. The maximum Gasteiger partial charge on any atom is 0.306 e. The summed E-state index contributed by atoms with van der Waals surface area (Å²) in [6.45, 7) is 8.25. The van der Waals surface area contributed by atoms with Gasteiger partial charge >= 0.3 is 5.97 Å². The van der Waals surface area contributed by atoms with Gasteiger partial charge in [-0.25, -0.2) is 4.39 Å². The molecule has 0 radical (unpaired) electrons. The first-order valence-corrected chi connectivity index (χ1v) is 10.3. The van der Waals surface area contributed by atoms with E-state index in [2.05, 4.69) is 40.7 Å². The monoisotopic (exact) mass is 407 g/mol. The Morgan fingerprint density at radius 1 is 1.27 bits per heavy atom. The Kier molecular flexibility index (Phi) is 5.33. The third kappa shape index (κ3) is 3.47. The highest BCUT2D eigenvalue weighted by Crippen LogP contribution is 2.37. The first kappa shape index (κ1) is 20.1. The second-order valence-electron chi connectivity index (χ2n) is 7.92. The summed E-state index contributed by atoms with van der Waals surface area (Å²) in [5.74, 6) is -0.217. The van der Waals surface area contributed by atoms with E-state index in [0.29, 0.717) is 25.0 Å². The van der Waals surface area contributed by atoms with Gasteiger partial charge in [0.1, 0.15) is 5.82 Å². The Morgan fingerprint density at radius 2 is 2.07 bits per heavy atom. The number of aromatic amines is 1. The second-order valence-corrected chi connectivity index (χ2v) is 7.92. The van der Waals surface area contributed by atoms with Crippen LogP contribution in [0.3, 0.4) is 0 Å². The molecular weight excluding hydrogens is 381 g/mol. The fourth-order valence-corrected chi connectivity index (χ4v) is 4.18. The van der Waals surface area contributed by atoms with E-state index in [1.54, 1.807) is 13.1 Å². The molecule has 0 bridgehead atoms. The van der Waals surface area contributed by atoms with Crippen LogP contribution in [0.25, 0.3) is 27.5 Å². The summed E-state index contributed by atoms with van der Waals surface area (Å²) in [5, 5.41) is 9.28. The summed E-state index contributed by atoms with van der Waals surface area (Å²) in [4.78, 5) is 12.1. The Hall–Kier alpha value is -3.15. The molecule has 0 spiro atoms. The van der Waals surface area contributed by atoms with Crippen molar-refractivity contribution in [3.8, 4) is 5.69 Å².